The summed E-state index contributed by atoms with van der Waals surface area (Å²) in [7, 11) is 0. The van der Waals surface area contributed by atoms with Crippen molar-refractivity contribution in [2.75, 3.05) is 26.2 Å². The highest BCUT2D eigenvalue weighted by Crippen LogP contribution is 2.50. The minimum atomic E-state index is -4.04. The van der Waals surface area contributed by atoms with E-state index in [1.165, 1.54) is 0 Å². The topological polar surface area (TPSA) is 15.3 Å². The Morgan fingerprint density at radius 2 is 1.79 bits per heavy atom. The number of nitrogens with one attached hydrogen (secondary N) is 1. The van der Waals surface area contributed by atoms with E-state index in [0.29, 0.717) is 32.0 Å². The van der Waals surface area contributed by atoms with E-state index in [4.69, 9.17) is 0 Å². The van der Waals surface area contributed by atoms with E-state index in [1.807, 2.05) is 0 Å². The maximum absolute atomic E-state index is 13.3. The Kier molecular flexibility index (Phi) is 5.55. The van der Waals surface area contributed by atoms with E-state index in [9.17, 15) is 13.2 Å². The van der Waals surface area contributed by atoms with E-state index >= 15 is 0 Å². The van der Waals surface area contributed by atoms with Crippen molar-refractivity contribution in [1.29, 1.82) is 0 Å². The third-order valence-corrected chi connectivity index (χ3v) is 4.69. The average Bonchev–Trinajstić information content (AvgIpc) is 2.28. The van der Waals surface area contributed by atoms with E-state index in [2.05, 4.69) is 24.1 Å². The highest BCUT2D eigenvalue weighted by molar-refractivity contribution is 5.85. The van der Waals surface area contributed by atoms with Crippen molar-refractivity contribution < 1.29 is 13.2 Å². The highest BCUT2D eigenvalue weighted by atomic mass is 35.5. The Morgan fingerprint density at radius 1 is 1.21 bits per heavy atom. The van der Waals surface area contributed by atoms with Crippen molar-refractivity contribution >= 4 is 12.4 Å². The fourth-order valence-corrected chi connectivity index (χ4v) is 3.58. The number of piperidine rings is 2. The van der Waals surface area contributed by atoms with E-state index in [-0.39, 0.29) is 18.8 Å². The molecule has 114 valence electrons. The SMILES string of the molecule is CC(C)N1CC[C@H](C(F)(F)F)C2(CCNCC2)C1.Cl. The second-order valence-electron chi connectivity index (χ2n) is 6.06. The van der Waals surface area contributed by atoms with E-state index in [1.54, 1.807) is 0 Å². The third-order valence-electron chi connectivity index (χ3n) is 4.69. The van der Waals surface area contributed by atoms with Crippen molar-refractivity contribution in [3.05, 3.63) is 0 Å². The molecule has 2 saturated heterocycles. The molecular formula is C13H24ClF3N2. The van der Waals surface area contributed by atoms with Gasteiger partial charge in [-0.2, -0.15) is 13.2 Å². The van der Waals surface area contributed by atoms with Crippen LogP contribution < -0.4 is 5.32 Å². The third kappa shape index (κ3) is 3.56. The van der Waals surface area contributed by atoms with Crippen LogP contribution in [0.2, 0.25) is 0 Å². The summed E-state index contributed by atoms with van der Waals surface area (Å²) in [6, 6.07) is 0.339. The summed E-state index contributed by atoms with van der Waals surface area (Å²) in [5.74, 6) is -1.11. The minimum Gasteiger partial charge on any atom is -0.317 e. The fraction of sp³-hybridized carbons (Fsp3) is 1.00. The Morgan fingerprint density at radius 3 is 2.26 bits per heavy atom. The largest absolute Gasteiger partial charge is 0.392 e. The standard InChI is InChI=1S/C13H23F3N2.ClH/c1-10(2)18-8-3-11(13(14,15)16)12(9-18)4-6-17-7-5-12;/h10-11,17H,3-9H2,1-2H3;1H/t11-;/m0./s1. The molecule has 1 N–H and O–H groups in total. The molecule has 1 spiro atoms. The van der Waals surface area contributed by atoms with Gasteiger partial charge < -0.3 is 10.2 Å². The molecule has 1 atom stereocenters. The number of halogens is 4. The van der Waals surface area contributed by atoms with Gasteiger partial charge in [-0.25, -0.2) is 0 Å². The van der Waals surface area contributed by atoms with Crippen LogP contribution in [0.5, 0.6) is 0 Å². The zero-order valence-electron chi connectivity index (χ0n) is 11.6. The van der Waals surface area contributed by atoms with Crippen LogP contribution in [-0.2, 0) is 0 Å². The lowest BCUT2D eigenvalue weighted by Crippen LogP contribution is -2.58. The van der Waals surface area contributed by atoms with Crippen molar-refractivity contribution in [2.45, 2.75) is 45.3 Å². The van der Waals surface area contributed by atoms with Crippen LogP contribution in [-0.4, -0.2) is 43.3 Å². The predicted octanol–water partition coefficient (Wildman–Crippen LogP) is 3.07. The van der Waals surface area contributed by atoms with Gasteiger partial charge in [0.1, 0.15) is 0 Å². The summed E-state index contributed by atoms with van der Waals surface area (Å²) < 4.78 is 39.8. The molecule has 2 nitrogen and oxygen atoms in total. The van der Waals surface area contributed by atoms with Gasteiger partial charge >= 0.3 is 6.18 Å². The molecule has 2 aliphatic rings. The van der Waals surface area contributed by atoms with Crippen LogP contribution >= 0.6 is 12.4 Å². The van der Waals surface area contributed by atoms with Gasteiger partial charge in [-0.3, -0.25) is 0 Å². The number of alkyl halides is 3. The maximum Gasteiger partial charge on any atom is 0.392 e. The first-order chi connectivity index (χ1) is 8.35. The Hall–Kier alpha value is 0. The van der Waals surface area contributed by atoms with Crippen LogP contribution in [0.25, 0.3) is 0 Å². The molecule has 0 aromatic heterocycles. The lowest BCUT2D eigenvalue weighted by molar-refractivity contribution is -0.229. The predicted molar refractivity (Wildman–Crippen MR) is 72.7 cm³/mol. The highest BCUT2D eigenvalue weighted by Gasteiger charge is 2.55. The summed E-state index contributed by atoms with van der Waals surface area (Å²) in [5, 5.41) is 3.19. The number of hydrogen-bond acceptors (Lipinski definition) is 2. The Balaban J connectivity index is 0.00000180. The molecular weight excluding hydrogens is 277 g/mol. The molecule has 0 bridgehead atoms. The molecule has 0 radical (unpaired) electrons. The average molecular weight is 301 g/mol. The second-order valence-corrected chi connectivity index (χ2v) is 6.06. The molecule has 19 heavy (non-hydrogen) atoms. The zero-order chi connectivity index (χ0) is 13.4. The lowest BCUT2D eigenvalue weighted by atomic mass is 9.65. The summed E-state index contributed by atoms with van der Waals surface area (Å²) in [4.78, 5) is 2.22. The van der Waals surface area contributed by atoms with Crippen LogP contribution in [0.3, 0.4) is 0 Å². The van der Waals surface area contributed by atoms with Gasteiger partial charge in [0.25, 0.3) is 0 Å². The summed E-state index contributed by atoms with van der Waals surface area (Å²) in [6.07, 6.45) is -2.47. The molecule has 2 fully saturated rings. The number of likely N-dealkylation sites (tertiary alicyclic amines) is 1. The van der Waals surface area contributed by atoms with Crippen LogP contribution in [0, 0.1) is 11.3 Å². The van der Waals surface area contributed by atoms with E-state index in [0.717, 1.165) is 13.1 Å². The maximum atomic E-state index is 13.3. The van der Waals surface area contributed by atoms with Crippen LogP contribution in [0.1, 0.15) is 33.1 Å². The van der Waals surface area contributed by atoms with Crippen molar-refractivity contribution in [3.63, 3.8) is 0 Å². The first-order valence-corrected chi connectivity index (χ1v) is 6.87. The van der Waals surface area contributed by atoms with Gasteiger partial charge in [0, 0.05) is 12.6 Å². The van der Waals surface area contributed by atoms with E-state index < -0.39 is 17.5 Å². The normalized spacial score (nSPS) is 28.4. The van der Waals surface area contributed by atoms with Crippen LogP contribution in [0.15, 0.2) is 0 Å². The van der Waals surface area contributed by atoms with Gasteiger partial charge in [0.05, 0.1) is 5.92 Å². The molecule has 2 aliphatic heterocycles. The quantitative estimate of drug-likeness (QED) is 0.800. The summed E-state index contributed by atoms with van der Waals surface area (Å²) >= 11 is 0. The Bertz CT molecular complexity index is 288. The smallest absolute Gasteiger partial charge is 0.317 e. The summed E-state index contributed by atoms with van der Waals surface area (Å²) in [5.41, 5.74) is -0.550. The Labute approximate surface area is 119 Å². The van der Waals surface area contributed by atoms with Crippen molar-refractivity contribution in [3.8, 4) is 0 Å². The lowest BCUT2D eigenvalue weighted by Gasteiger charge is -2.52. The monoisotopic (exact) mass is 300 g/mol. The molecule has 0 amide bonds. The number of rotatable bonds is 1. The fourth-order valence-electron chi connectivity index (χ4n) is 3.58. The van der Waals surface area contributed by atoms with Gasteiger partial charge in [-0.1, -0.05) is 0 Å². The first kappa shape index (κ1) is 17.1. The van der Waals surface area contributed by atoms with Gasteiger partial charge in [0.15, 0.2) is 0 Å². The second kappa shape index (κ2) is 6.19. The molecule has 0 saturated carbocycles. The molecule has 2 heterocycles. The molecule has 2 rings (SSSR count). The first-order valence-electron chi connectivity index (χ1n) is 6.87. The van der Waals surface area contributed by atoms with Gasteiger partial charge in [0.2, 0.25) is 0 Å². The minimum absolute atomic E-state index is 0. The number of hydrogen-bond donors (Lipinski definition) is 1. The molecule has 6 heteroatoms. The van der Waals surface area contributed by atoms with Crippen molar-refractivity contribution in [1.82, 2.24) is 10.2 Å². The van der Waals surface area contributed by atoms with Gasteiger partial charge in [-0.15, -0.1) is 12.4 Å². The molecule has 0 unspecified atom stereocenters. The number of nitrogens with zero attached hydrogens (tertiary/aromatic N) is 1. The zero-order valence-corrected chi connectivity index (χ0v) is 12.4. The molecule has 0 aliphatic carbocycles. The molecule has 0 aromatic carbocycles. The summed E-state index contributed by atoms with van der Waals surface area (Å²) in [6.45, 7) is 6.77. The molecule has 0 aromatic rings. The van der Waals surface area contributed by atoms with Crippen LogP contribution in [0.4, 0.5) is 13.2 Å². The van der Waals surface area contributed by atoms with Gasteiger partial charge in [-0.05, 0) is 58.2 Å². The van der Waals surface area contributed by atoms with Crippen molar-refractivity contribution in [2.24, 2.45) is 11.3 Å².